The van der Waals surface area contributed by atoms with E-state index in [2.05, 4.69) is 12.0 Å². The molecule has 1 atom stereocenters. The van der Waals surface area contributed by atoms with Crippen LogP contribution in [0.4, 0.5) is 0 Å². The van der Waals surface area contributed by atoms with Gasteiger partial charge in [-0.25, -0.2) is 0 Å². The van der Waals surface area contributed by atoms with Gasteiger partial charge in [-0.05, 0) is 18.9 Å². The minimum atomic E-state index is -0.287. The average molecular weight is 306 g/mol. The maximum Gasteiger partial charge on any atom is 0.245 e. The van der Waals surface area contributed by atoms with Crippen molar-refractivity contribution in [2.24, 2.45) is 0 Å². The number of carbonyl (C=O) groups is 2. The maximum absolute atomic E-state index is 12.5. The first kappa shape index (κ1) is 16.5. The smallest absolute Gasteiger partial charge is 0.245 e. The number of nitrogens with zero attached hydrogens (tertiary/aromatic N) is 4. The SMILES string of the molecule is CCCC[C@H]1C(=O)N(C)CCN1C(=O)CCn1cc(C)cn1. The van der Waals surface area contributed by atoms with Crippen molar-refractivity contribution in [3.05, 3.63) is 18.0 Å². The Kier molecular flexibility index (Phi) is 5.57. The lowest BCUT2D eigenvalue weighted by Crippen LogP contribution is -2.57. The third-order valence-corrected chi connectivity index (χ3v) is 4.18. The Balaban J connectivity index is 1.97. The fraction of sp³-hybridized carbons (Fsp3) is 0.688. The van der Waals surface area contributed by atoms with Crippen LogP contribution in [0.25, 0.3) is 0 Å². The molecule has 1 aromatic rings. The van der Waals surface area contributed by atoms with Crippen molar-refractivity contribution in [3.8, 4) is 0 Å². The molecule has 2 rings (SSSR count). The van der Waals surface area contributed by atoms with Gasteiger partial charge >= 0.3 is 0 Å². The summed E-state index contributed by atoms with van der Waals surface area (Å²) in [6.07, 6.45) is 6.85. The van der Waals surface area contributed by atoms with Gasteiger partial charge in [0.25, 0.3) is 0 Å². The lowest BCUT2D eigenvalue weighted by atomic mass is 10.0. The molecular weight excluding hydrogens is 280 g/mol. The first-order chi connectivity index (χ1) is 10.5. The molecule has 6 heteroatoms. The fourth-order valence-electron chi connectivity index (χ4n) is 2.83. The molecule has 122 valence electrons. The van der Waals surface area contributed by atoms with Crippen LogP contribution in [0.15, 0.2) is 12.4 Å². The van der Waals surface area contributed by atoms with E-state index in [0.717, 1.165) is 24.8 Å². The number of rotatable bonds is 6. The van der Waals surface area contributed by atoms with E-state index in [1.807, 2.05) is 20.2 Å². The molecule has 6 nitrogen and oxygen atoms in total. The fourth-order valence-corrected chi connectivity index (χ4v) is 2.83. The number of amides is 2. The molecule has 0 bridgehead atoms. The van der Waals surface area contributed by atoms with E-state index in [0.29, 0.717) is 26.1 Å². The molecule has 22 heavy (non-hydrogen) atoms. The summed E-state index contributed by atoms with van der Waals surface area (Å²) in [5.74, 6) is 0.124. The number of hydrogen-bond acceptors (Lipinski definition) is 3. The van der Waals surface area contributed by atoms with E-state index < -0.39 is 0 Å². The molecule has 1 aliphatic rings. The molecule has 2 heterocycles. The molecule has 2 amide bonds. The number of aromatic nitrogens is 2. The van der Waals surface area contributed by atoms with Gasteiger partial charge in [0.05, 0.1) is 6.20 Å². The monoisotopic (exact) mass is 306 g/mol. The second-order valence-corrected chi connectivity index (χ2v) is 6.04. The van der Waals surface area contributed by atoms with Crippen LogP contribution in [0, 0.1) is 6.92 Å². The maximum atomic E-state index is 12.5. The Morgan fingerprint density at radius 3 is 2.82 bits per heavy atom. The minimum absolute atomic E-state index is 0.0516. The summed E-state index contributed by atoms with van der Waals surface area (Å²) < 4.78 is 1.78. The number of likely N-dealkylation sites (N-methyl/N-ethyl adjacent to an activating group) is 1. The molecule has 1 aliphatic heterocycles. The van der Waals surface area contributed by atoms with Crippen LogP contribution in [-0.4, -0.2) is 57.6 Å². The van der Waals surface area contributed by atoms with E-state index in [9.17, 15) is 9.59 Å². The Bertz CT molecular complexity index is 526. The molecule has 1 fully saturated rings. The summed E-state index contributed by atoms with van der Waals surface area (Å²) in [6, 6.07) is -0.287. The van der Waals surface area contributed by atoms with Gasteiger partial charge < -0.3 is 9.80 Å². The Morgan fingerprint density at radius 2 is 2.18 bits per heavy atom. The predicted molar refractivity (Wildman–Crippen MR) is 84.2 cm³/mol. The highest BCUT2D eigenvalue weighted by Gasteiger charge is 2.34. The van der Waals surface area contributed by atoms with Crippen LogP contribution >= 0.6 is 0 Å². The Morgan fingerprint density at radius 1 is 1.41 bits per heavy atom. The van der Waals surface area contributed by atoms with Crippen LogP contribution in [0.2, 0.25) is 0 Å². The molecule has 1 aromatic heterocycles. The quantitative estimate of drug-likeness (QED) is 0.799. The lowest BCUT2D eigenvalue weighted by Gasteiger charge is -2.39. The van der Waals surface area contributed by atoms with Crippen molar-refractivity contribution >= 4 is 11.8 Å². The van der Waals surface area contributed by atoms with E-state index in [4.69, 9.17) is 0 Å². The van der Waals surface area contributed by atoms with Gasteiger partial charge in [-0.1, -0.05) is 19.8 Å². The van der Waals surface area contributed by atoms with Crippen molar-refractivity contribution in [3.63, 3.8) is 0 Å². The van der Waals surface area contributed by atoms with Crippen molar-refractivity contribution in [1.82, 2.24) is 19.6 Å². The average Bonchev–Trinajstić information content (AvgIpc) is 2.92. The zero-order chi connectivity index (χ0) is 16.1. The topological polar surface area (TPSA) is 58.4 Å². The summed E-state index contributed by atoms with van der Waals surface area (Å²) in [5.41, 5.74) is 1.09. The van der Waals surface area contributed by atoms with Gasteiger partial charge in [0.2, 0.25) is 11.8 Å². The summed E-state index contributed by atoms with van der Waals surface area (Å²) in [4.78, 5) is 28.4. The van der Waals surface area contributed by atoms with Gasteiger partial charge in [-0.15, -0.1) is 0 Å². The molecular formula is C16H26N4O2. The minimum Gasteiger partial charge on any atom is -0.342 e. The third-order valence-electron chi connectivity index (χ3n) is 4.18. The van der Waals surface area contributed by atoms with Crippen LogP contribution in [-0.2, 0) is 16.1 Å². The molecule has 0 unspecified atom stereocenters. The van der Waals surface area contributed by atoms with Crippen molar-refractivity contribution in [1.29, 1.82) is 0 Å². The zero-order valence-corrected chi connectivity index (χ0v) is 13.8. The normalized spacial score (nSPS) is 18.9. The molecule has 0 spiro atoms. The number of carbonyl (C=O) groups excluding carboxylic acids is 2. The first-order valence-electron chi connectivity index (χ1n) is 8.06. The predicted octanol–water partition coefficient (Wildman–Crippen LogP) is 1.44. The summed E-state index contributed by atoms with van der Waals surface area (Å²) in [6.45, 7) is 5.89. The number of hydrogen-bond donors (Lipinski definition) is 0. The molecule has 0 radical (unpaired) electrons. The number of unbranched alkanes of at least 4 members (excludes halogenated alkanes) is 1. The highest BCUT2D eigenvalue weighted by Crippen LogP contribution is 2.17. The summed E-state index contributed by atoms with van der Waals surface area (Å²) in [5, 5.41) is 4.20. The van der Waals surface area contributed by atoms with E-state index in [-0.39, 0.29) is 17.9 Å². The largest absolute Gasteiger partial charge is 0.342 e. The molecule has 1 saturated heterocycles. The van der Waals surface area contributed by atoms with E-state index in [1.54, 1.807) is 20.7 Å². The highest BCUT2D eigenvalue weighted by molar-refractivity contribution is 5.88. The Hall–Kier alpha value is -1.85. The van der Waals surface area contributed by atoms with Gasteiger partial charge in [0.15, 0.2) is 0 Å². The van der Waals surface area contributed by atoms with E-state index >= 15 is 0 Å². The Labute approximate surface area is 132 Å². The van der Waals surface area contributed by atoms with Crippen molar-refractivity contribution in [2.75, 3.05) is 20.1 Å². The number of aryl methyl sites for hydroxylation is 2. The second kappa shape index (κ2) is 7.42. The molecule has 0 N–H and O–H groups in total. The van der Waals surface area contributed by atoms with Crippen LogP contribution in [0.3, 0.4) is 0 Å². The molecule has 0 saturated carbocycles. The zero-order valence-electron chi connectivity index (χ0n) is 13.8. The lowest BCUT2D eigenvalue weighted by molar-refractivity contribution is -0.150. The van der Waals surface area contributed by atoms with Crippen LogP contribution in [0.1, 0.15) is 38.2 Å². The summed E-state index contributed by atoms with van der Waals surface area (Å²) in [7, 11) is 1.82. The van der Waals surface area contributed by atoms with Crippen molar-refractivity contribution < 1.29 is 9.59 Å². The third kappa shape index (κ3) is 3.87. The van der Waals surface area contributed by atoms with Gasteiger partial charge in [0.1, 0.15) is 6.04 Å². The van der Waals surface area contributed by atoms with E-state index in [1.165, 1.54) is 0 Å². The molecule has 0 aliphatic carbocycles. The van der Waals surface area contributed by atoms with Crippen molar-refractivity contribution in [2.45, 2.75) is 52.1 Å². The number of piperazine rings is 1. The van der Waals surface area contributed by atoms with Gasteiger partial charge in [-0.2, -0.15) is 5.10 Å². The van der Waals surface area contributed by atoms with Crippen LogP contribution in [0.5, 0.6) is 0 Å². The molecule has 0 aromatic carbocycles. The van der Waals surface area contributed by atoms with Gasteiger partial charge in [-0.3, -0.25) is 14.3 Å². The summed E-state index contributed by atoms with van der Waals surface area (Å²) >= 11 is 0. The van der Waals surface area contributed by atoms with Gasteiger partial charge in [0, 0.05) is 39.3 Å². The van der Waals surface area contributed by atoms with Crippen LogP contribution < -0.4 is 0 Å². The second-order valence-electron chi connectivity index (χ2n) is 6.04. The standard InChI is InChI=1S/C16H26N4O2/c1-4-5-6-14-16(22)18(3)9-10-20(14)15(21)7-8-19-12-13(2)11-17-19/h11-12,14H,4-10H2,1-3H3/t14-/m0/s1. The first-order valence-corrected chi connectivity index (χ1v) is 8.06. The highest BCUT2D eigenvalue weighted by atomic mass is 16.2.